The molecular formula is C10H10ClN5O2S2. The van der Waals surface area contributed by atoms with Crippen LogP contribution in [-0.2, 0) is 17.1 Å². The number of hydrogen-bond donors (Lipinski definition) is 1. The molecule has 3 aromatic heterocycles. The summed E-state index contributed by atoms with van der Waals surface area (Å²) < 4.78 is 30.3. The number of nitrogens with one attached hydrogen (secondary N) is 1. The molecule has 1 N–H and O–H groups in total. The van der Waals surface area contributed by atoms with Crippen LogP contribution >= 0.6 is 22.9 Å². The first-order chi connectivity index (χ1) is 9.38. The van der Waals surface area contributed by atoms with Gasteiger partial charge in [-0.2, -0.15) is 13.5 Å². The molecular weight excluding hydrogens is 322 g/mol. The lowest BCUT2D eigenvalue weighted by Crippen LogP contribution is -2.17. The maximum absolute atomic E-state index is 12.5. The molecule has 106 valence electrons. The standard InChI is InChI=1S/C10H10ClN5O2S2/c1-6-5-7(15(2)13-6)14-20(17,18)9-8(11)12-10-16(9)3-4-19-10/h3-5,14H,1-2H3. The van der Waals surface area contributed by atoms with E-state index in [0.29, 0.717) is 16.5 Å². The molecule has 0 amide bonds. The zero-order valence-electron chi connectivity index (χ0n) is 10.5. The van der Waals surface area contributed by atoms with Crippen molar-refractivity contribution in [2.24, 2.45) is 7.05 Å². The molecule has 0 aliphatic carbocycles. The summed E-state index contributed by atoms with van der Waals surface area (Å²) in [6.45, 7) is 1.78. The van der Waals surface area contributed by atoms with Crippen LogP contribution in [0.5, 0.6) is 0 Å². The normalized spacial score (nSPS) is 12.2. The van der Waals surface area contributed by atoms with Crippen molar-refractivity contribution in [3.05, 3.63) is 28.5 Å². The van der Waals surface area contributed by atoms with E-state index in [0.717, 1.165) is 0 Å². The predicted molar refractivity (Wildman–Crippen MR) is 76.8 cm³/mol. The van der Waals surface area contributed by atoms with Crippen molar-refractivity contribution in [3.63, 3.8) is 0 Å². The minimum Gasteiger partial charge on any atom is -0.278 e. The second kappa shape index (κ2) is 4.47. The first-order valence-corrected chi connectivity index (χ1v) is 8.27. The molecule has 3 heterocycles. The van der Waals surface area contributed by atoms with Gasteiger partial charge in [-0.15, -0.1) is 11.3 Å². The topological polar surface area (TPSA) is 81.3 Å². The zero-order valence-corrected chi connectivity index (χ0v) is 12.9. The fourth-order valence-electron chi connectivity index (χ4n) is 1.87. The second-order valence-corrected chi connectivity index (χ2v) is 6.99. The molecule has 0 spiro atoms. The van der Waals surface area contributed by atoms with Gasteiger partial charge in [0.2, 0.25) is 0 Å². The van der Waals surface area contributed by atoms with Crippen LogP contribution in [0.25, 0.3) is 4.96 Å². The summed E-state index contributed by atoms with van der Waals surface area (Å²) in [6, 6.07) is 1.64. The van der Waals surface area contributed by atoms with Gasteiger partial charge in [0.25, 0.3) is 10.0 Å². The Balaban J connectivity index is 2.10. The van der Waals surface area contributed by atoms with Gasteiger partial charge in [0.15, 0.2) is 15.1 Å². The number of thiazole rings is 1. The van der Waals surface area contributed by atoms with Crippen LogP contribution < -0.4 is 4.72 Å². The van der Waals surface area contributed by atoms with E-state index in [1.54, 1.807) is 31.6 Å². The van der Waals surface area contributed by atoms with Crippen LogP contribution in [0.4, 0.5) is 5.82 Å². The molecule has 7 nitrogen and oxygen atoms in total. The molecule has 10 heteroatoms. The minimum atomic E-state index is -3.84. The van der Waals surface area contributed by atoms with E-state index in [1.165, 1.54) is 20.4 Å². The first-order valence-electron chi connectivity index (χ1n) is 5.53. The van der Waals surface area contributed by atoms with Crippen molar-refractivity contribution in [1.29, 1.82) is 0 Å². The molecule has 0 radical (unpaired) electrons. The molecule has 3 aromatic rings. The average Bonchev–Trinajstić information content (AvgIpc) is 2.93. The molecule has 0 aliphatic heterocycles. The number of fused-ring (bicyclic) bond motifs is 1. The summed E-state index contributed by atoms with van der Waals surface area (Å²) in [7, 11) is -2.19. The SMILES string of the molecule is Cc1cc(NS(=O)(=O)c2c(Cl)nc3sccn23)n(C)n1. The molecule has 0 aliphatic rings. The number of imidazole rings is 1. The fourth-order valence-corrected chi connectivity index (χ4v) is 4.41. The fraction of sp³-hybridized carbons (Fsp3) is 0.200. The average molecular weight is 332 g/mol. The van der Waals surface area contributed by atoms with Gasteiger partial charge in [-0.1, -0.05) is 11.6 Å². The Morgan fingerprint density at radius 1 is 1.45 bits per heavy atom. The minimum absolute atomic E-state index is 0.0526. The number of halogens is 1. The number of aromatic nitrogens is 4. The second-order valence-electron chi connectivity index (χ2n) is 4.16. The van der Waals surface area contributed by atoms with Crippen molar-refractivity contribution in [3.8, 4) is 0 Å². The Bertz CT molecular complexity index is 892. The predicted octanol–water partition coefficient (Wildman–Crippen LogP) is 1.89. The zero-order chi connectivity index (χ0) is 14.5. The number of anilines is 1. The highest BCUT2D eigenvalue weighted by atomic mass is 35.5. The molecule has 0 saturated carbocycles. The van der Waals surface area contributed by atoms with Crippen LogP contribution in [-0.4, -0.2) is 27.6 Å². The molecule has 0 aromatic carbocycles. The number of aryl methyl sites for hydroxylation is 2. The van der Waals surface area contributed by atoms with Crippen molar-refractivity contribution in [1.82, 2.24) is 19.2 Å². The molecule has 0 saturated heterocycles. The largest absolute Gasteiger partial charge is 0.282 e. The Morgan fingerprint density at radius 3 is 2.85 bits per heavy atom. The Labute approximate surface area is 123 Å². The van der Waals surface area contributed by atoms with Crippen LogP contribution in [0.3, 0.4) is 0 Å². The van der Waals surface area contributed by atoms with Crippen LogP contribution in [0.2, 0.25) is 5.15 Å². The summed E-state index contributed by atoms with van der Waals surface area (Å²) in [5.41, 5.74) is 0.713. The van der Waals surface area contributed by atoms with Crippen LogP contribution in [0, 0.1) is 6.92 Å². The molecule has 0 atom stereocenters. The Hall–Kier alpha value is -1.58. The van der Waals surface area contributed by atoms with Gasteiger partial charge in [-0.3, -0.25) is 13.8 Å². The summed E-state index contributed by atoms with van der Waals surface area (Å²) >= 11 is 7.25. The van der Waals surface area contributed by atoms with Crippen molar-refractivity contribution >= 4 is 43.7 Å². The van der Waals surface area contributed by atoms with Crippen molar-refractivity contribution < 1.29 is 8.42 Å². The highest BCUT2D eigenvalue weighted by Crippen LogP contribution is 2.27. The van der Waals surface area contributed by atoms with Gasteiger partial charge in [-0.25, -0.2) is 4.98 Å². The Morgan fingerprint density at radius 2 is 2.20 bits per heavy atom. The smallest absolute Gasteiger partial charge is 0.278 e. The lowest BCUT2D eigenvalue weighted by Gasteiger charge is -2.07. The molecule has 0 fully saturated rings. The van der Waals surface area contributed by atoms with Crippen LogP contribution in [0.15, 0.2) is 22.7 Å². The number of sulfonamides is 1. The van der Waals surface area contributed by atoms with Gasteiger partial charge in [0.05, 0.1) is 5.69 Å². The highest BCUT2D eigenvalue weighted by molar-refractivity contribution is 7.92. The van der Waals surface area contributed by atoms with Crippen molar-refractivity contribution in [2.45, 2.75) is 11.9 Å². The van der Waals surface area contributed by atoms with Gasteiger partial charge in [-0.05, 0) is 6.92 Å². The third kappa shape index (κ3) is 2.07. The van der Waals surface area contributed by atoms with Gasteiger partial charge in [0, 0.05) is 24.7 Å². The van der Waals surface area contributed by atoms with E-state index in [-0.39, 0.29) is 10.2 Å². The molecule has 3 rings (SSSR count). The monoisotopic (exact) mass is 331 g/mol. The van der Waals surface area contributed by atoms with Gasteiger partial charge < -0.3 is 0 Å². The summed E-state index contributed by atoms with van der Waals surface area (Å²) in [6.07, 6.45) is 1.61. The lowest BCUT2D eigenvalue weighted by atomic mass is 10.5. The number of rotatable bonds is 3. The Kier molecular flexibility index (Phi) is 3.00. The lowest BCUT2D eigenvalue weighted by molar-refractivity contribution is 0.595. The number of hydrogen-bond acceptors (Lipinski definition) is 5. The summed E-state index contributed by atoms with van der Waals surface area (Å²) in [4.78, 5) is 4.54. The maximum atomic E-state index is 12.5. The molecule has 20 heavy (non-hydrogen) atoms. The van der Waals surface area contributed by atoms with Crippen molar-refractivity contribution in [2.75, 3.05) is 4.72 Å². The van der Waals surface area contributed by atoms with Gasteiger partial charge >= 0.3 is 0 Å². The highest BCUT2D eigenvalue weighted by Gasteiger charge is 2.26. The molecule has 0 bridgehead atoms. The first kappa shape index (κ1) is 13.4. The summed E-state index contributed by atoms with van der Waals surface area (Å²) in [5, 5.41) is 5.70. The van der Waals surface area contributed by atoms with E-state index in [2.05, 4.69) is 14.8 Å². The van der Waals surface area contributed by atoms with E-state index < -0.39 is 10.0 Å². The quantitative estimate of drug-likeness (QED) is 0.794. The number of nitrogens with zero attached hydrogens (tertiary/aromatic N) is 4. The third-order valence-corrected chi connectivity index (χ3v) is 5.18. The summed E-state index contributed by atoms with van der Waals surface area (Å²) in [5.74, 6) is 0.365. The van der Waals surface area contributed by atoms with E-state index in [9.17, 15) is 8.42 Å². The van der Waals surface area contributed by atoms with E-state index in [4.69, 9.17) is 11.6 Å². The third-order valence-electron chi connectivity index (χ3n) is 2.67. The van der Waals surface area contributed by atoms with E-state index >= 15 is 0 Å². The van der Waals surface area contributed by atoms with Crippen LogP contribution in [0.1, 0.15) is 5.69 Å². The maximum Gasteiger partial charge on any atom is 0.282 e. The van der Waals surface area contributed by atoms with Gasteiger partial charge in [0.1, 0.15) is 5.82 Å². The van der Waals surface area contributed by atoms with E-state index in [1.807, 2.05) is 0 Å². The molecule has 0 unspecified atom stereocenters.